The Labute approximate surface area is 121 Å². The van der Waals surface area contributed by atoms with Crippen LogP contribution < -0.4 is 15.8 Å². The van der Waals surface area contributed by atoms with Crippen LogP contribution in [-0.2, 0) is 4.79 Å². The van der Waals surface area contributed by atoms with Crippen LogP contribution in [0, 0.1) is 0 Å². The van der Waals surface area contributed by atoms with Crippen molar-refractivity contribution in [2.45, 2.75) is 10.9 Å². The summed E-state index contributed by atoms with van der Waals surface area (Å²) in [5.41, 5.74) is 6.48. The van der Waals surface area contributed by atoms with E-state index in [1.165, 1.54) is 0 Å². The molecule has 2 aromatic rings. The predicted octanol–water partition coefficient (Wildman–Crippen LogP) is 2.85. The number of fused-ring (bicyclic) bond motifs is 1. The minimum Gasteiger partial charge on any atom is -0.455 e. The number of ether oxygens (including phenoxy) is 1. The maximum absolute atomic E-state index is 11.9. The van der Waals surface area contributed by atoms with Gasteiger partial charge < -0.3 is 15.8 Å². The van der Waals surface area contributed by atoms with E-state index >= 15 is 0 Å². The van der Waals surface area contributed by atoms with Crippen molar-refractivity contribution in [1.82, 2.24) is 0 Å². The first-order chi connectivity index (χ1) is 9.74. The van der Waals surface area contributed by atoms with Crippen LogP contribution >= 0.6 is 11.8 Å². The lowest BCUT2D eigenvalue weighted by Crippen LogP contribution is -2.36. The fraction of sp³-hybridized carbons (Fsp3) is 0.133. The maximum atomic E-state index is 11.9. The molecule has 2 aromatic carbocycles. The number of nitrogens with two attached hydrogens (primary N) is 1. The molecule has 5 heteroatoms. The van der Waals surface area contributed by atoms with Gasteiger partial charge in [0.2, 0.25) is 5.91 Å². The number of para-hydroxylation sites is 2. The fourth-order valence-corrected chi connectivity index (χ4v) is 2.91. The minimum absolute atomic E-state index is 0.180. The number of carbonyl (C=O) groups excluding carboxylic acids is 1. The van der Waals surface area contributed by atoms with Crippen molar-refractivity contribution in [3.63, 3.8) is 0 Å². The molecule has 4 nitrogen and oxygen atoms in total. The summed E-state index contributed by atoms with van der Waals surface area (Å²) in [4.78, 5) is 12.8. The second-order valence-electron chi connectivity index (χ2n) is 4.45. The lowest BCUT2D eigenvalue weighted by atomic mass is 10.2. The van der Waals surface area contributed by atoms with Gasteiger partial charge in [-0.2, -0.15) is 0 Å². The van der Waals surface area contributed by atoms with Crippen LogP contribution in [0.1, 0.15) is 0 Å². The summed E-state index contributed by atoms with van der Waals surface area (Å²) < 4.78 is 5.85. The Kier molecular flexibility index (Phi) is 3.62. The Balaban J connectivity index is 1.95. The lowest BCUT2D eigenvalue weighted by molar-refractivity contribution is -0.116. The molecule has 0 radical (unpaired) electrons. The minimum atomic E-state index is -0.503. The van der Waals surface area contributed by atoms with Gasteiger partial charge in [0, 0.05) is 10.6 Å². The van der Waals surface area contributed by atoms with Gasteiger partial charge in [0.1, 0.15) is 5.75 Å². The third kappa shape index (κ3) is 2.64. The summed E-state index contributed by atoms with van der Waals surface area (Å²) in [6.07, 6.45) is 0. The second kappa shape index (κ2) is 5.56. The van der Waals surface area contributed by atoms with Gasteiger partial charge >= 0.3 is 0 Å². The maximum Gasteiger partial charge on any atom is 0.242 e. The number of amides is 1. The molecule has 0 aliphatic carbocycles. The molecule has 1 heterocycles. The summed E-state index contributed by atoms with van der Waals surface area (Å²) in [5.74, 6) is 1.74. The van der Waals surface area contributed by atoms with E-state index in [1.54, 1.807) is 11.8 Å². The first kappa shape index (κ1) is 13.0. The molecule has 0 fully saturated rings. The van der Waals surface area contributed by atoms with Crippen LogP contribution in [0.25, 0.3) is 0 Å². The molecule has 1 amide bonds. The largest absolute Gasteiger partial charge is 0.455 e. The van der Waals surface area contributed by atoms with E-state index in [0.29, 0.717) is 17.2 Å². The van der Waals surface area contributed by atoms with Gasteiger partial charge in [0.05, 0.1) is 11.7 Å². The van der Waals surface area contributed by atoms with Crippen molar-refractivity contribution in [3.05, 3.63) is 48.5 Å². The van der Waals surface area contributed by atoms with Gasteiger partial charge in [0.15, 0.2) is 5.75 Å². The van der Waals surface area contributed by atoms with Gasteiger partial charge in [0.25, 0.3) is 0 Å². The number of benzene rings is 2. The number of carbonyl (C=O) groups is 1. The summed E-state index contributed by atoms with van der Waals surface area (Å²) in [6.45, 7) is 0. The molecule has 0 bridgehead atoms. The Bertz CT molecular complexity index is 631. The van der Waals surface area contributed by atoms with Gasteiger partial charge in [-0.15, -0.1) is 11.8 Å². The molecule has 1 aliphatic rings. The number of nitrogens with one attached hydrogen (secondary N) is 1. The average Bonchev–Trinajstić information content (AvgIpc) is 2.61. The summed E-state index contributed by atoms with van der Waals surface area (Å²) in [7, 11) is 0. The number of rotatable bonds is 2. The molecular weight excluding hydrogens is 272 g/mol. The van der Waals surface area contributed by atoms with Crippen molar-refractivity contribution >= 4 is 23.4 Å². The molecule has 1 aliphatic heterocycles. The highest BCUT2D eigenvalue weighted by atomic mass is 32.2. The molecular formula is C15H14N2O2S. The zero-order valence-electron chi connectivity index (χ0n) is 10.7. The van der Waals surface area contributed by atoms with Crippen molar-refractivity contribution < 1.29 is 9.53 Å². The zero-order valence-corrected chi connectivity index (χ0v) is 11.5. The van der Waals surface area contributed by atoms with E-state index < -0.39 is 6.04 Å². The SMILES string of the molecule is N[C@H]1CSc2cccc(Oc3ccccc3)c2NC1=O. The van der Waals surface area contributed by atoms with E-state index in [-0.39, 0.29) is 5.91 Å². The lowest BCUT2D eigenvalue weighted by Gasteiger charge is -2.13. The predicted molar refractivity (Wildman–Crippen MR) is 80.3 cm³/mol. The molecule has 3 N–H and O–H groups in total. The fourth-order valence-electron chi connectivity index (χ4n) is 1.93. The number of anilines is 1. The summed E-state index contributed by atoms with van der Waals surface area (Å²) in [6, 6.07) is 14.7. The molecule has 102 valence electrons. The topological polar surface area (TPSA) is 64.3 Å². The molecule has 0 saturated heterocycles. The number of hydrogen-bond acceptors (Lipinski definition) is 4. The summed E-state index contributed by atoms with van der Waals surface area (Å²) in [5, 5.41) is 2.85. The van der Waals surface area contributed by atoms with Crippen molar-refractivity contribution in [2.24, 2.45) is 5.73 Å². The van der Waals surface area contributed by atoms with E-state index in [1.807, 2.05) is 48.5 Å². The first-order valence-corrected chi connectivity index (χ1v) is 7.28. The van der Waals surface area contributed by atoms with Crippen LogP contribution in [-0.4, -0.2) is 17.7 Å². The molecule has 1 atom stereocenters. The molecule has 0 unspecified atom stereocenters. The Morgan fingerprint density at radius 3 is 2.75 bits per heavy atom. The Hall–Kier alpha value is -1.98. The normalized spacial score (nSPS) is 17.9. The second-order valence-corrected chi connectivity index (χ2v) is 5.51. The smallest absolute Gasteiger partial charge is 0.242 e. The van der Waals surface area contributed by atoms with Gasteiger partial charge in [-0.3, -0.25) is 4.79 Å². The summed E-state index contributed by atoms with van der Waals surface area (Å²) >= 11 is 1.56. The van der Waals surface area contributed by atoms with Gasteiger partial charge in [-0.05, 0) is 24.3 Å². The quantitative estimate of drug-likeness (QED) is 0.891. The van der Waals surface area contributed by atoms with Gasteiger partial charge in [-0.1, -0.05) is 24.3 Å². The molecule has 20 heavy (non-hydrogen) atoms. The number of hydrogen-bond donors (Lipinski definition) is 2. The van der Waals surface area contributed by atoms with Gasteiger partial charge in [-0.25, -0.2) is 0 Å². The Morgan fingerprint density at radius 2 is 1.95 bits per heavy atom. The van der Waals surface area contributed by atoms with Crippen LogP contribution in [0.2, 0.25) is 0 Å². The van der Waals surface area contributed by atoms with E-state index in [0.717, 1.165) is 10.6 Å². The highest BCUT2D eigenvalue weighted by Gasteiger charge is 2.23. The third-order valence-electron chi connectivity index (χ3n) is 2.96. The van der Waals surface area contributed by atoms with E-state index in [9.17, 15) is 4.79 Å². The monoisotopic (exact) mass is 286 g/mol. The van der Waals surface area contributed by atoms with Crippen LogP contribution in [0.4, 0.5) is 5.69 Å². The van der Waals surface area contributed by atoms with Crippen LogP contribution in [0.15, 0.2) is 53.4 Å². The van der Waals surface area contributed by atoms with E-state index in [4.69, 9.17) is 10.5 Å². The van der Waals surface area contributed by atoms with Crippen molar-refractivity contribution in [3.8, 4) is 11.5 Å². The molecule has 0 spiro atoms. The van der Waals surface area contributed by atoms with E-state index in [2.05, 4.69) is 5.32 Å². The van der Waals surface area contributed by atoms with Crippen molar-refractivity contribution in [1.29, 1.82) is 0 Å². The zero-order chi connectivity index (χ0) is 13.9. The highest BCUT2D eigenvalue weighted by Crippen LogP contribution is 2.39. The standard InChI is InChI=1S/C15H14N2O2S/c16-11-9-20-13-8-4-7-12(14(13)17-15(11)18)19-10-5-2-1-3-6-10/h1-8,11H,9,16H2,(H,17,18)/t11-/m0/s1. The number of thioether (sulfide) groups is 1. The van der Waals surface area contributed by atoms with Crippen molar-refractivity contribution in [2.75, 3.05) is 11.1 Å². The highest BCUT2D eigenvalue weighted by molar-refractivity contribution is 7.99. The third-order valence-corrected chi connectivity index (χ3v) is 4.14. The average molecular weight is 286 g/mol. The molecule has 3 rings (SSSR count). The molecule has 0 saturated carbocycles. The van der Waals surface area contributed by atoms with Crippen LogP contribution in [0.3, 0.4) is 0 Å². The molecule has 0 aromatic heterocycles. The van der Waals surface area contributed by atoms with Crippen LogP contribution in [0.5, 0.6) is 11.5 Å². The first-order valence-electron chi connectivity index (χ1n) is 6.29. The Morgan fingerprint density at radius 1 is 1.15 bits per heavy atom.